The number of ether oxygens (including phenoxy) is 1. The van der Waals surface area contributed by atoms with E-state index < -0.39 is 11.9 Å². The molecule has 7 heteroatoms. The highest BCUT2D eigenvalue weighted by Crippen LogP contribution is 2.24. The van der Waals surface area contributed by atoms with Crippen molar-refractivity contribution in [1.29, 1.82) is 5.26 Å². The Balaban J connectivity index is 1.57. The van der Waals surface area contributed by atoms with Crippen LogP contribution in [0.3, 0.4) is 0 Å². The van der Waals surface area contributed by atoms with E-state index in [1.807, 2.05) is 6.07 Å². The Kier molecular flexibility index (Phi) is 5.57. The average Bonchev–Trinajstić information content (AvgIpc) is 2.70. The van der Waals surface area contributed by atoms with Gasteiger partial charge in [0.25, 0.3) is 0 Å². The lowest BCUT2D eigenvalue weighted by molar-refractivity contribution is -0.143. The number of rotatable bonds is 4. The Bertz CT molecular complexity index is 856. The molecule has 1 heterocycles. The number of carboxylic acid groups (broad SMARTS) is 1. The van der Waals surface area contributed by atoms with Crippen molar-refractivity contribution in [3.8, 4) is 17.6 Å². The standard InChI is InChI=1S/C20H19N3O4/c21-12-14-3-7-17(8-4-14)27-18-9-5-16(6-10-18)22-20(26)23-11-1-2-15(13-23)19(24)25/h3-10,15H,1-2,11,13H2,(H,22,26)(H,24,25). The van der Waals surface area contributed by atoms with Crippen molar-refractivity contribution >= 4 is 17.7 Å². The largest absolute Gasteiger partial charge is 0.481 e. The molecule has 27 heavy (non-hydrogen) atoms. The molecule has 0 saturated carbocycles. The molecule has 0 aromatic heterocycles. The Labute approximate surface area is 156 Å². The molecule has 0 bridgehead atoms. The lowest BCUT2D eigenvalue weighted by atomic mass is 9.99. The van der Waals surface area contributed by atoms with Crippen LogP contribution < -0.4 is 10.1 Å². The van der Waals surface area contributed by atoms with Gasteiger partial charge in [-0.15, -0.1) is 0 Å². The number of nitriles is 1. The highest BCUT2D eigenvalue weighted by molar-refractivity contribution is 5.89. The number of amides is 2. The number of likely N-dealkylation sites (tertiary alicyclic amines) is 1. The third-order valence-electron chi connectivity index (χ3n) is 4.38. The van der Waals surface area contributed by atoms with E-state index >= 15 is 0 Å². The zero-order valence-electron chi connectivity index (χ0n) is 14.6. The van der Waals surface area contributed by atoms with Gasteiger partial charge in [0.05, 0.1) is 17.6 Å². The first kappa shape index (κ1) is 18.3. The summed E-state index contributed by atoms with van der Waals surface area (Å²) in [6, 6.07) is 15.4. The number of carboxylic acids is 1. The van der Waals surface area contributed by atoms with Gasteiger partial charge in [0.1, 0.15) is 11.5 Å². The molecule has 1 atom stereocenters. The number of benzene rings is 2. The normalized spacial score (nSPS) is 16.3. The third kappa shape index (κ3) is 4.76. The van der Waals surface area contributed by atoms with Crippen molar-refractivity contribution < 1.29 is 19.4 Å². The fourth-order valence-electron chi connectivity index (χ4n) is 2.91. The molecule has 1 aliphatic rings. The van der Waals surface area contributed by atoms with Crippen LogP contribution in [0, 0.1) is 17.2 Å². The molecule has 0 spiro atoms. The lowest BCUT2D eigenvalue weighted by Gasteiger charge is -2.30. The number of aliphatic carboxylic acids is 1. The number of nitrogens with one attached hydrogen (secondary N) is 1. The molecule has 7 nitrogen and oxygen atoms in total. The van der Waals surface area contributed by atoms with E-state index in [0.717, 1.165) is 0 Å². The highest BCUT2D eigenvalue weighted by Gasteiger charge is 2.28. The minimum absolute atomic E-state index is 0.223. The van der Waals surface area contributed by atoms with Crippen LogP contribution in [0.25, 0.3) is 0 Å². The van der Waals surface area contributed by atoms with Gasteiger partial charge in [-0.25, -0.2) is 4.79 Å². The second kappa shape index (κ2) is 8.23. The Morgan fingerprint density at radius 1 is 1.11 bits per heavy atom. The number of piperidine rings is 1. The predicted molar refractivity (Wildman–Crippen MR) is 98.6 cm³/mol. The van der Waals surface area contributed by atoms with Gasteiger partial charge in [-0.1, -0.05) is 0 Å². The van der Waals surface area contributed by atoms with Gasteiger partial charge in [0.15, 0.2) is 0 Å². The number of nitrogens with zero attached hydrogens (tertiary/aromatic N) is 2. The van der Waals surface area contributed by atoms with Crippen LogP contribution >= 0.6 is 0 Å². The van der Waals surface area contributed by atoms with Crippen LogP contribution in [0.1, 0.15) is 18.4 Å². The Morgan fingerprint density at radius 3 is 2.33 bits per heavy atom. The molecule has 2 aromatic carbocycles. The molecule has 1 unspecified atom stereocenters. The second-order valence-electron chi connectivity index (χ2n) is 6.32. The molecule has 138 valence electrons. The summed E-state index contributed by atoms with van der Waals surface area (Å²) in [6.07, 6.45) is 1.28. The molecule has 1 saturated heterocycles. The van der Waals surface area contributed by atoms with Gasteiger partial charge < -0.3 is 20.1 Å². The zero-order valence-corrected chi connectivity index (χ0v) is 14.6. The zero-order chi connectivity index (χ0) is 19.2. The van der Waals surface area contributed by atoms with Crippen molar-refractivity contribution in [1.82, 2.24) is 4.90 Å². The SMILES string of the molecule is N#Cc1ccc(Oc2ccc(NC(=O)N3CCCC(C(=O)O)C3)cc2)cc1. The fourth-order valence-corrected chi connectivity index (χ4v) is 2.91. The summed E-state index contributed by atoms with van der Waals surface area (Å²) >= 11 is 0. The summed E-state index contributed by atoms with van der Waals surface area (Å²) in [7, 11) is 0. The molecule has 3 rings (SSSR count). The van der Waals surface area contributed by atoms with Crippen LogP contribution in [0.2, 0.25) is 0 Å². The van der Waals surface area contributed by atoms with Crippen molar-refractivity contribution in [2.24, 2.45) is 5.92 Å². The first-order valence-electron chi connectivity index (χ1n) is 8.62. The Hall–Kier alpha value is -3.53. The minimum atomic E-state index is -0.864. The van der Waals surface area contributed by atoms with Gasteiger partial charge in [-0.05, 0) is 61.4 Å². The van der Waals surface area contributed by atoms with Crippen LogP contribution in [0.5, 0.6) is 11.5 Å². The second-order valence-corrected chi connectivity index (χ2v) is 6.32. The summed E-state index contributed by atoms with van der Waals surface area (Å²) in [5.41, 5.74) is 1.16. The quantitative estimate of drug-likeness (QED) is 0.860. The number of hydrogen-bond acceptors (Lipinski definition) is 4. The van der Waals surface area contributed by atoms with E-state index in [1.165, 1.54) is 4.90 Å². The average molecular weight is 365 g/mol. The number of hydrogen-bond donors (Lipinski definition) is 2. The van der Waals surface area contributed by atoms with Crippen LogP contribution in [-0.2, 0) is 4.79 Å². The third-order valence-corrected chi connectivity index (χ3v) is 4.38. The Morgan fingerprint density at radius 2 is 1.74 bits per heavy atom. The molecular weight excluding hydrogens is 346 g/mol. The van der Waals surface area contributed by atoms with Crippen LogP contribution in [-0.4, -0.2) is 35.1 Å². The lowest BCUT2D eigenvalue weighted by Crippen LogP contribution is -2.44. The van der Waals surface area contributed by atoms with Gasteiger partial charge >= 0.3 is 12.0 Å². The van der Waals surface area contributed by atoms with Crippen molar-refractivity contribution in [3.05, 3.63) is 54.1 Å². The summed E-state index contributed by atoms with van der Waals surface area (Å²) in [4.78, 5) is 25.0. The molecule has 0 radical (unpaired) electrons. The van der Waals surface area contributed by atoms with Crippen LogP contribution in [0.4, 0.5) is 10.5 Å². The van der Waals surface area contributed by atoms with Crippen molar-refractivity contribution in [2.45, 2.75) is 12.8 Å². The highest BCUT2D eigenvalue weighted by atomic mass is 16.5. The maximum absolute atomic E-state index is 12.3. The van der Waals surface area contributed by atoms with Gasteiger partial charge in [0.2, 0.25) is 0 Å². The van der Waals surface area contributed by atoms with Crippen LogP contribution in [0.15, 0.2) is 48.5 Å². The van der Waals surface area contributed by atoms with Gasteiger partial charge in [-0.2, -0.15) is 5.26 Å². The smallest absolute Gasteiger partial charge is 0.321 e. The maximum atomic E-state index is 12.3. The van der Waals surface area contributed by atoms with E-state index in [2.05, 4.69) is 5.32 Å². The monoisotopic (exact) mass is 365 g/mol. The first-order chi connectivity index (χ1) is 13.0. The summed E-state index contributed by atoms with van der Waals surface area (Å²) in [5.74, 6) is -0.162. The van der Waals surface area contributed by atoms with Crippen molar-refractivity contribution in [2.75, 3.05) is 18.4 Å². The molecule has 2 N–H and O–H groups in total. The maximum Gasteiger partial charge on any atom is 0.321 e. The number of carbonyl (C=O) groups is 2. The molecule has 1 aliphatic heterocycles. The first-order valence-corrected chi connectivity index (χ1v) is 8.62. The summed E-state index contributed by atoms with van der Waals surface area (Å²) in [6.45, 7) is 0.774. The number of urea groups is 1. The summed E-state index contributed by atoms with van der Waals surface area (Å²) in [5, 5.41) is 20.7. The topological polar surface area (TPSA) is 103 Å². The molecule has 2 amide bonds. The van der Waals surface area contributed by atoms with E-state index in [0.29, 0.717) is 42.1 Å². The van der Waals surface area contributed by atoms with Crippen molar-refractivity contribution in [3.63, 3.8) is 0 Å². The molecule has 2 aromatic rings. The minimum Gasteiger partial charge on any atom is -0.481 e. The summed E-state index contributed by atoms with van der Waals surface area (Å²) < 4.78 is 5.70. The van der Waals surface area contributed by atoms with Gasteiger partial charge in [0, 0.05) is 18.8 Å². The fraction of sp³-hybridized carbons (Fsp3) is 0.250. The van der Waals surface area contributed by atoms with E-state index in [1.54, 1.807) is 48.5 Å². The molecule has 0 aliphatic carbocycles. The number of anilines is 1. The predicted octanol–water partition coefficient (Wildman–Crippen LogP) is 3.68. The van der Waals surface area contributed by atoms with E-state index in [-0.39, 0.29) is 12.6 Å². The molecular formula is C20H19N3O4. The van der Waals surface area contributed by atoms with E-state index in [9.17, 15) is 9.59 Å². The molecule has 1 fully saturated rings. The van der Waals surface area contributed by atoms with Gasteiger partial charge in [-0.3, -0.25) is 4.79 Å². The van der Waals surface area contributed by atoms with E-state index in [4.69, 9.17) is 15.1 Å². The number of carbonyl (C=O) groups excluding carboxylic acids is 1.